The summed E-state index contributed by atoms with van der Waals surface area (Å²) in [5.74, 6) is 0. The number of nitrogens with one attached hydrogen (secondary N) is 1. The van der Waals surface area contributed by atoms with Gasteiger partial charge in [0.25, 0.3) is 0 Å². The average molecular weight is 180 g/mol. The van der Waals surface area contributed by atoms with Gasteiger partial charge in [0.2, 0.25) is 0 Å². The van der Waals surface area contributed by atoms with E-state index in [1.807, 2.05) is 25.3 Å². The standard InChI is InChI=1S/C10H16N2O/c1-8(7-13)12-9(2)10-4-3-5-11-6-10/h3-6,8-9,12-13H,7H2,1-2H3/t8-,9+/m0/s1. The molecule has 2 atom stereocenters. The van der Waals surface area contributed by atoms with Crippen molar-refractivity contribution < 1.29 is 5.11 Å². The molecule has 72 valence electrons. The fraction of sp³-hybridized carbons (Fsp3) is 0.500. The fourth-order valence-corrected chi connectivity index (χ4v) is 1.21. The summed E-state index contributed by atoms with van der Waals surface area (Å²) in [6.45, 7) is 4.17. The Labute approximate surface area is 78.8 Å². The molecule has 0 aliphatic rings. The second-order valence-electron chi connectivity index (χ2n) is 3.26. The van der Waals surface area contributed by atoms with E-state index in [1.165, 1.54) is 0 Å². The second-order valence-corrected chi connectivity index (χ2v) is 3.26. The number of aromatic nitrogens is 1. The van der Waals surface area contributed by atoms with Crippen molar-refractivity contribution in [2.45, 2.75) is 25.9 Å². The van der Waals surface area contributed by atoms with Crippen LogP contribution >= 0.6 is 0 Å². The largest absolute Gasteiger partial charge is 0.395 e. The summed E-state index contributed by atoms with van der Waals surface area (Å²) in [5.41, 5.74) is 1.14. The highest BCUT2D eigenvalue weighted by Gasteiger charge is 2.07. The van der Waals surface area contributed by atoms with E-state index in [2.05, 4.69) is 17.2 Å². The van der Waals surface area contributed by atoms with Gasteiger partial charge in [-0.05, 0) is 25.5 Å². The van der Waals surface area contributed by atoms with Crippen molar-refractivity contribution in [1.82, 2.24) is 10.3 Å². The molecule has 0 bridgehead atoms. The Morgan fingerprint density at radius 2 is 2.31 bits per heavy atom. The van der Waals surface area contributed by atoms with Gasteiger partial charge in [0.15, 0.2) is 0 Å². The minimum atomic E-state index is 0.121. The molecule has 0 aliphatic heterocycles. The van der Waals surface area contributed by atoms with Crippen LogP contribution < -0.4 is 5.32 Å². The fourth-order valence-electron chi connectivity index (χ4n) is 1.21. The van der Waals surface area contributed by atoms with Crippen molar-refractivity contribution in [2.24, 2.45) is 0 Å². The molecule has 0 radical (unpaired) electrons. The third-order valence-corrected chi connectivity index (χ3v) is 1.99. The van der Waals surface area contributed by atoms with Gasteiger partial charge in [0, 0.05) is 24.5 Å². The van der Waals surface area contributed by atoms with E-state index in [9.17, 15) is 0 Å². The zero-order valence-electron chi connectivity index (χ0n) is 8.07. The van der Waals surface area contributed by atoms with Gasteiger partial charge in [0.05, 0.1) is 6.61 Å². The molecule has 3 heteroatoms. The van der Waals surface area contributed by atoms with Gasteiger partial charge in [0.1, 0.15) is 0 Å². The summed E-state index contributed by atoms with van der Waals surface area (Å²) in [5, 5.41) is 12.1. The van der Waals surface area contributed by atoms with Crippen LogP contribution in [0, 0.1) is 0 Å². The second kappa shape index (κ2) is 4.94. The highest BCUT2D eigenvalue weighted by molar-refractivity contribution is 5.12. The van der Waals surface area contributed by atoms with Crippen LogP contribution in [0.2, 0.25) is 0 Å². The maximum Gasteiger partial charge on any atom is 0.0582 e. The summed E-state index contributed by atoms with van der Waals surface area (Å²) < 4.78 is 0. The molecule has 1 rings (SSSR count). The molecule has 13 heavy (non-hydrogen) atoms. The summed E-state index contributed by atoms with van der Waals surface area (Å²) >= 11 is 0. The molecular weight excluding hydrogens is 164 g/mol. The van der Waals surface area contributed by atoms with Crippen LogP contribution in [0.5, 0.6) is 0 Å². The Kier molecular flexibility index (Phi) is 3.86. The molecule has 0 spiro atoms. The SMILES string of the molecule is C[C@@H](CO)N[C@H](C)c1cccnc1. The number of hydrogen-bond donors (Lipinski definition) is 2. The number of aliphatic hydroxyl groups excluding tert-OH is 1. The maximum absolute atomic E-state index is 8.85. The smallest absolute Gasteiger partial charge is 0.0582 e. The Balaban J connectivity index is 2.53. The van der Waals surface area contributed by atoms with Crippen LogP contribution in [0.25, 0.3) is 0 Å². The monoisotopic (exact) mass is 180 g/mol. The van der Waals surface area contributed by atoms with E-state index in [1.54, 1.807) is 6.20 Å². The lowest BCUT2D eigenvalue weighted by molar-refractivity contribution is 0.243. The zero-order valence-corrected chi connectivity index (χ0v) is 8.07. The van der Waals surface area contributed by atoms with Gasteiger partial charge in [-0.15, -0.1) is 0 Å². The van der Waals surface area contributed by atoms with Crippen LogP contribution in [-0.2, 0) is 0 Å². The Morgan fingerprint density at radius 3 is 2.85 bits per heavy atom. The van der Waals surface area contributed by atoms with E-state index in [-0.39, 0.29) is 18.7 Å². The predicted octanol–water partition coefficient (Wildman–Crippen LogP) is 1.11. The van der Waals surface area contributed by atoms with E-state index in [4.69, 9.17) is 5.11 Å². The lowest BCUT2D eigenvalue weighted by Gasteiger charge is -2.17. The number of aliphatic hydroxyl groups is 1. The van der Waals surface area contributed by atoms with Gasteiger partial charge in [-0.2, -0.15) is 0 Å². The lowest BCUT2D eigenvalue weighted by Crippen LogP contribution is -2.31. The molecule has 0 aromatic carbocycles. The van der Waals surface area contributed by atoms with Crippen LogP contribution in [0.15, 0.2) is 24.5 Å². The number of rotatable bonds is 4. The van der Waals surface area contributed by atoms with E-state index >= 15 is 0 Å². The molecular formula is C10H16N2O. The highest BCUT2D eigenvalue weighted by Crippen LogP contribution is 2.10. The third-order valence-electron chi connectivity index (χ3n) is 1.99. The Morgan fingerprint density at radius 1 is 1.54 bits per heavy atom. The number of nitrogens with zero attached hydrogens (tertiary/aromatic N) is 1. The lowest BCUT2D eigenvalue weighted by atomic mass is 10.1. The van der Waals surface area contributed by atoms with E-state index in [0.717, 1.165) is 5.56 Å². The summed E-state index contributed by atoms with van der Waals surface area (Å²) in [7, 11) is 0. The first kappa shape index (κ1) is 10.2. The van der Waals surface area contributed by atoms with Crippen molar-refractivity contribution in [2.75, 3.05) is 6.61 Å². The predicted molar refractivity (Wildman–Crippen MR) is 52.3 cm³/mol. The molecule has 1 aromatic rings. The molecule has 2 N–H and O–H groups in total. The minimum absolute atomic E-state index is 0.121. The molecule has 0 amide bonds. The van der Waals surface area contributed by atoms with Gasteiger partial charge in [-0.25, -0.2) is 0 Å². The van der Waals surface area contributed by atoms with Crippen molar-refractivity contribution in [3.63, 3.8) is 0 Å². The minimum Gasteiger partial charge on any atom is -0.395 e. The maximum atomic E-state index is 8.85. The van der Waals surface area contributed by atoms with Crippen molar-refractivity contribution in [1.29, 1.82) is 0 Å². The molecule has 0 fully saturated rings. The van der Waals surface area contributed by atoms with Crippen LogP contribution in [-0.4, -0.2) is 22.7 Å². The summed E-state index contributed by atoms with van der Waals surface area (Å²) in [4.78, 5) is 4.04. The Bertz CT molecular complexity index is 238. The molecule has 0 unspecified atom stereocenters. The van der Waals surface area contributed by atoms with Gasteiger partial charge in [-0.3, -0.25) is 4.98 Å². The molecule has 0 saturated carbocycles. The normalized spacial score (nSPS) is 15.3. The molecule has 0 aliphatic carbocycles. The van der Waals surface area contributed by atoms with Crippen LogP contribution in [0.1, 0.15) is 25.5 Å². The topological polar surface area (TPSA) is 45.1 Å². The molecule has 1 aromatic heterocycles. The first-order valence-corrected chi connectivity index (χ1v) is 4.51. The highest BCUT2D eigenvalue weighted by atomic mass is 16.3. The summed E-state index contributed by atoms with van der Waals surface area (Å²) in [6, 6.07) is 4.29. The third kappa shape index (κ3) is 3.13. The van der Waals surface area contributed by atoms with Crippen molar-refractivity contribution >= 4 is 0 Å². The van der Waals surface area contributed by atoms with E-state index < -0.39 is 0 Å². The number of pyridine rings is 1. The zero-order chi connectivity index (χ0) is 9.68. The quantitative estimate of drug-likeness (QED) is 0.729. The van der Waals surface area contributed by atoms with Gasteiger partial charge in [-0.1, -0.05) is 6.07 Å². The van der Waals surface area contributed by atoms with Gasteiger partial charge < -0.3 is 10.4 Å². The Hall–Kier alpha value is -0.930. The molecule has 1 heterocycles. The van der Waals surface area contributed by atoms with Gasteiger partial charge >= 0.3 is 0 Å². The first-order chi connectivity index (χ1) is 6.24. The van der Waals surface area contributed by atoms with Crippen molar-refractivity contribution in [3.8, 4) is 0 Å². The van der Waals surface area contributed by atoms with Crippen molar-refractivity contribution in [3.05, 3.63) is 30.1 Å². The molecule has 3 nitrogen and oxygen atoms in total. The first-order valence-electron chi connectivity index (χ1n) is 4.51. The molecule has 0 saturated heterocycles. The van der Waals surface area contributed by atoms with E-state index in [0.29, 0.717) is 0 Å². The van der Waals surface area contributed by atoms with Crippen LogP contribution in [0.3, 0.4) is 0 Å². The van der Waals surface area contributed by atoms with Crippen LogP contribution in [0.4, 0.5) is 0 Å². The summed E-state index contributed by atoms with van der Waals surface area (Å²) in [6.07, 6.45) is 3.59. The average Bonchev–Trinajstić information content (AvgIpc) is 2.19. The number of hydrogen-bond acceptors (Lipinski definition) is 3.